The van der Waals surface area contributed by atoms with Crippen LogP contribution in [0.25, 0.3) is 11.1 Å². The Balaban J connectivity index is 1.64. The number of hydrogen-bond donors (Lipinski definition) is 0. The molecular formula is C23H20FNO. The summed E-state index contributed by atoms with van der Waals surface area (Å²) in [6.07, 6.45) is 1.57. The highest BCUT2D eigenvalue weighted by Crippen LogP contribution is 2.23. The van der Waals surface area contributed by atoms with E-state index < -0.39 is 5.82 Å². The van der Waals surface area contributed by atoms with Crippen LogP contribution in [0.3, 0.4) is 0 Å². The van der Waals surface area contributed by atoms with Crippen molar-refractivity contribution in [3.8, 4) is 22.9 Å². The van der Waals surface area contributed by atoms with Crippen LogP contribution in [0.15, 0.2) is 66.7 Å². The molecule has 0 heterocycles. The molecule has 2 nitrogen and oxygen atoms in total. The largest absolute Gasteiger partial charge is 0.494 e. The predicted molar refractivity (Wildman–Crippen MR) is 102 cm³/mol. The van der Waals surface area contributed by atoms with Crippen LogP contribution in [0.2, 0.25) is 0 Å². The Kier molecular flexibility index (Phi) is 5.66. The molecule has 0 N–H and O–H groups in total. The van der Waals surface area contributed by atoms with Gasteiger partial charge in [0.1, 0.15) is 17.6 Å². The van der Waals surface area contributed by atoms with Crippen molar-refractivity contribution in [2.45, 2.75) is 19.8 Å². The van der Waals surface area contributed by atoms with Crippen LogP contribution in [-0.2, 0) is 12.8 Å². The van der Waals surface area contributed by atoms with Gasteiger partial charge in [0.05, 0.1) is 12.2 Å². The molecule has 0 spiro atoms. The van der Waals surface area contributed by atoms with Crippen molar-refractivity contribution < 1.29 is 9.13 Å². The Morgan fingerprint density at radius 2 is 1.42 bits per heavy atom. The lowest BCUT2D eigenvalue weighted by atomic mass is 10.00. The minimum Gasteiger partial charge on any atom is -0.494 e. The monoisotopic (exact) mass is 345 g/mol. The summed E-state index contributed by atoms with van der Waals surface area (Å²) in [5, 5.41) is 8.78. The normalized spacial score (nSPS) is 10.3. The quantitative estimate of drug-likeness (QED) is 0.587. The van der Waals surface area contributed by atoms with Crippen LogP contribution in [-0.4, -0.2) is 6.61 Å². The van der Waals surface area contributed by atoms with E-state index in [-0.39, 0.29) is 5.56 Å². The second-order valence-electron chi connectivity index (χ2n) is 6.08. The molecule has 0 unspecified atom stereocenters. The zero-order valence-corrected chi connectivity index (χ0v) is 14.7. The molecule has 0 amide bonds. The lowest BCUT2D eigenvalue weighted by molar-refractivity contribution is 0.340. The number of nitriles is 1. The van der Waals surface area contributed by atoms with Crippen molar-refractivity contribution in [2.75, 3.05) is 6.61 Å². The highest BCUT2D eigenvalue weighted by atomic mass is 19.1. The molecule has 0 radical (unpaired) electrons. The molecule has 0 aliphatic heterocycles. The number of hydrogen-bond acceptors (Lipinski definition) is 2. The lowest BCUT2D eigenvalue weighted by Gasteiger charge is -2.07. The van der Waals surface area contributed by atoms with Gasteiger partial charge in [-0.1, -0.05) is 42.5 Å². The van der Waals surface area contributed by atoms with Crippen molar-refractivity contribution in [3.63, 3.8) is 0 Å². The van der Waals surface area contributed by atoms with E-state index in [9.17, 15) is 4.39 Å². The maximum absolute atomic E-state index is 13.7. The number of benzene rings is 3. The van der Waals surface area contributed by atoms with Gasteiger partial charge in [-0.2, -0.15) is 5.26 Å². The van der Waals surface area contributed by atoms with E-state index in [1.165, 1.54) is 11.6 Å². The Bertz CT molecular complexity index is 908. The van der Waals surface area contributed by atoms with Crippen molar-refractivity contribution in [1.29, 1.82) is 5.26 Å². The summed E-state index contributed by atoms with van der Waals surface area (Å²) in [4.78, 5) is 0. The first kappa shape index (κ1) is 17.7. The van der Waals surface area contributed by atoms with Crippen molar-refractivity contribution in [2.24, 2.45) is 0 Å². The van der Waals surface area contributed by atoms with Gasteiger partial charge in [-0.15, -0.1) is 0 Å². The van der Waals surface area contributed by atoms with E-state index >= 15 is 0 Å². The number of aryl methyl sites for hydroxylation is 2. The summed E-state index contributed by atoms with van der Waals surface area (Å²) >= 11 is 0. The Labute approximate surface area is 153 Å². The minimum atomic E-state index is -0.448. The fraction of sp³-hybridized carbons (Fsp3) is 0.174. The first-order valence-electron chi connectivity index (χ1n) is 8.70. The standard InChI is InChI=1S/C23H20FNO/c1-2-26-22-13-11-20(12-14-22)19-8-5-17(6-9-19)3-4-18-7-10-21(16-25)23(24)15-18/h5-15H,2-4H2,1H3. The molecule has 0 aliphatic rings. The van der Waals surface area contributed by atoms with Crippen LogP contribution in [0, 0.1) is 17.1 Å². The van der Waals surface area contributed by atoms with Gasteiger partial charge in [-0.25, -0.2) is 4.39 Å². The zero-order chi connectivity index (χ0) is 18.4. The molecule has 26 heavy (non-hydrogen) atoms. The second-order valence-corrected chi connectivity index (χ2v) is 6.08. The lowest BCUT2D eigenvalue weighted by Crippen LogP contribution is -1.94. The smallest absolute Gasteiger partial charge is 0.141 e. The third-order valence-corrected chi connectivity index (χ3v) is 4.31. The van der Waals surface area contributed by atoms with Crippen molar-refractivity contribution in [3.05, 3.63) is 89.2 Å². The fourth-order valence-electron chi connectivity index (χ4n) is 2.87. The SMILES string of the molecule is CCOc1ccc(-c2ccc(CCc3ccc(C#N)c(F)c3)cc2)cc1. The molecule has 3 rings (SSSR count). The van der Waals surface area contributed by atoms with Crippen molar-refractivity contribution in [1.82, 2.24) is 0 Å². The molecule has 130 valence electrons. The van der Waals surface area contributed by atoms with E-state index in [0.29, 0.717) is 6.61 Å². The van der Waals surface area contributed by atoms with Crippen LogP contribution in [0.1, 0.15) is 23.6 Å². The van der Waals surface area contributed by atoms with Crippen LogP contribution in [0.4, 0.5) is 4.39 Å². The number of nitrogens with zero attached hydrogens (tertiary/aromatic N) is 1. The van der Waals surface area contributed by atoms with Crippen LogP contribution >= 0.6 is 0 Å². The molecule has 0 saturated carbocycles. The van der Waals surface area contributed by atoms with Gasteiger partial charge in [-0.3, -0.25) is 0 Å². The highest BCUT2D eigenvalue weighted by molar-refractivity contribution is 5.64. The number of halogens is 1. The van der Waals surface area contributed by atoms with Gasteiger partial charge >= 0.3 is 0 Å². The highest BCUT2D eigenvalue weighted by Gasteiger charge is 2.04. The van der Waals surface area contributed by atoms with Crippen molar-refractivity contribution >= 4 is 0 Å². The van der Waals surface area contributed by atoms with Crippen LogP contribution in [0.5, 0.6) is 5.75 Å². The Morgan fingerprint density at radius 1 is 0.846 bits per heavy atom. The van der Waals surface area contributed by atoms with E-state index in [1.807, 2.05) is 31.2 Å². The first-order chi connectivity index (χ1) is 12.7. The summed E-state index contributed by atoms with van der Waals surface area (Å²) < 4.78 is 19.1. The second kappa shape index (κ2) is 8.31. The molecule has 0 aliphatic carbocycles. The van der Waals surface area contributed by atoms with Gasteiger partial charge in [-0.05, 0) is 66.3 Å². The minimum absolute atomic E-state index is 0.0912. The predicted octanol–water partition coefficient (Wildman–Crippen LogP) is 5.55. The van der Waals surface area contributed by atoms with Gasteiger partial charge < -0.3 is 4.74 Å². The first-order valence-corrected chi connectivity index (χ1v) is 8.70. The molecule has 0 saturated heterocycles. The molecule has 3 heteroatoms. The van der Waals surface area contributed by atoms with Gasteiger partial charge in [0.2, 0.25) is 0 Å². The third-order valence-electron chi connectivity index (χ3n) is 4.31. The third kappa shape index (κ3) is 4.29. The summed E-state index contributed by atoms with van der Waals surface area (Å²) in [5.41, 5.74) is 4.49. The topological polar surface area (TPSA) is 33.0 Å². The van der Waals surface area contributed by atoms with E-state index in [2.05, 4.69) is 36.4 Å². The molecular weight excluding hydrogens is 325 g/mol. The summed E-state index contributed by atoms with van der Waals surface area (Å²) in [7, 11) is 0. The molecule has 3 aromatic rings. The average Bonchev–Trinajstić information content (AvgIpc) is 2.68. The summed E-state index contributed by atoms with van der Waals surface area (Å²) in [5.74, 6) is 0.429. The molecule has 0 atom stereocenters. The molecule has 0 fully saturated rings. The summed E-state index contributed by atoms with van der Waals surface area (Å²) in [6.45, 7) is 2.64. The average molecular weight is 345 g/mol. The molecule has 0 aromatic heterocycles. The maximum atomic E-state index is 13.7. The van der Waals surface area contributed by atoms with Gasteiger partial charge in [0, 0.05) is 0 Å². The zero-order valence-electron chi connectivity index (χ0n) is 14.7. The molecule has 3 aromatic carbocycles. The van der Waals surface area contributed by atoms with Gasteiger partial charge in [0.25, 0.3) is 0 Å². The number of rotatable bonds is 6. The van der Waals surface area contributed by atoms with E-state index in [4.69, 9.17) is 10.00 Å². The van der Waals surface area contributed by atoms with Crippen LogP contribution < -0.4 is 4.74 Å². The maximum Gasteiger partial charge on any atom is 0.141 e. The van der Waals surface area contributed by atoms with E-state index in [0.717, 1.165) is 35.3 Å². The molecule has 0 bridgehead atoms. The Hall–Kier alpha value is -3.12. The van der Waals surface area contributed by atoms with Gasteiger partial charge in [0.15, 0.2) is 0 Å². The van der Waals surface area contributed by atoms with E-state index in [1.54, 1.807) is 6.07 Å². The fourth-order valence-corrected chi connectivity index (χ4v) is 2.87. The Morgan fingerprint density at radius 3 is 2.00 bits per heavy atom. The number of ether oxygens (including phenoxy) is 1. The summed E-state index contributed by atoms with van der Waals surface area (Å²) in [6, 6.07) is 23.1.